The lowest BCUT2D eigenvalue weighted by molar-refractivity contribution is -0.141. The van der Waals surface area contributed by atoms with Crippen LogP contribution in [0, 0.1) is 0 Å². The van der Waals surface area contributed by atoms with Crippen LogP contribution in [-0.2, 0) is 22.7 Å². The van der Waals surface area contributed by atoms with Gasteiger partial charge in [0.2, 0.25) is 5.82 Å². The van der Waals surface area contributed by atoms with Gasteiger partial charge in [0, 0.05) is 0 Å². The van der Waals surface area contributed by atoms with Crippen LogP contribution >= 0.6 is 11.8 Å². The number of hydrogen-bond donors (Lipinski definition) is 0. The molecule has 4 aromatic rings. The second-order valence-corrected chi connectivity index (χ2v) is 6.83. The van der Waals surface area contributed by atoms with Gasteiger partial charge in [-0.25, -0.2) is 0 Å². The topological polar surface area (TPSA) is 83.3 Å². The van der Waals surface area contributed by atoms with Gasteiger partial charge < -0.3 is 13.6 Å². The molecule has 0 aliphatic rings. The summed E-state index contributed by atoms with van der Waals surface area (Å²) in [4.78, 5) is 12.1. The number of carbonyl (C=O) groups is 1. The van der Waals surface area contributed by atoms with Gasteiger partial charge in [-0.05, 0) is 29.8 Å². The molecular weight excluding hydrogens is 378 g/mol. The van der Waals surface area contributed by atoms with Crippen LogP contribution in [0.1, 0.15) is 11.3 Å². The number of hydrogen-bond acceptors (Lipinski definition) is 7. The maximum atomic E-state index is 12.1. The normalized spacial score (nSPS) is 10.9. The lowest BCUT2D eigenvalue weighted by Crippen LogP contribution is -2.09. The van der Waals surface area contributed by atoms with E-state index in [0.29, 0.717) is 23.3 Å². The Bertz CT molecular complexity index is 1010. The van der Waals surface area contributed by atoms with Crippen molar-refractivity contribution in [2.75, 3.05) is 5.75 Å². The third-order valence-electron chi connectivity index (χ3n) is 3.91. The summed E-state index contributed by atoms with van der Waals surface area (Å²) < 4.78 is 18.1. The molecule has 0 bridgehead atoms. The Balaban J connectivity index is 1.44. The molecule has 0 atom stereocenters. The third-order valence-corrected chi connectivity index (χ3v) is 4.85. The molecule has 3 aromatic heterocycles. The molecule has 7 nitrogen and oxygen atoms in total. The first-order chi connectivity index (χ1) is 13.8. The van der Waals surface area contributed by atoms with Crippen molar-refractivity contribution in [3.63, 3.8) is 0 Å². The summed E-state index contributed by atoms with van der Waals surface area (Å²) in [5.41, 5.74) is 0.946. The van der Waals surface area contributed by atoms with Crippen LogP contribution in [0.25, 0.3) is 11.6 Å². The van der Waals surface area contributed by atoms with Gasteiger partial charge in [0.25, 0.3) is 0 Å². The van der Waals surface area contributed by atoms with Gasteiger partial charge in [-0.15, -0.1) is 10.2 Å². The first-order valence-corrected chi connectivity index (χ1v) is 9.60. The lowest BCUT2D eigenvalue weighted by Gasteiger charge is -2.08. The number of carbonyl (C=O) groups excluding carboxylic acids is 1. The first kappa shape index (κ1) is 18.1. The molecule has 0 aliphatic carbocycles. The molecule has 1 aromatic carbocycles. The van der Waals surface area contributed by atoms with Crippen LogP contribution in [-0.4, -0.2) is 26.5 Å². The van der Waals surface area contributed by atoms with Crippen LogP contribution in [0.15, 0.2) is 81.1 Å². The number of benzene rings is 1. The highest BCUT2D eigenvalue weighted by molar-refractivity contribution is 7.99. The van der Waals surface area contributed by atoms with Gasteiger partial charge in [0.05, 0.1) is 24.8 Å². The van der Waals surface area contributed by atoms with E-state index in [9.17, 15) is 4.79 Å². The van der Waals surface area contributed by atoms with Crippen LogP contribution < -0.4 is 0 Å². The summed E-state index contributed by atoms with van der Waals surface area (Å²) in [6.07, 6.45) is 3.19. The minimum absolute atomic E-state index is 0.126. The minimum Gasteiger partial charge on any atom is -0.467 e. The summed E-state index contributed by atoms with van der Waals surface area (Å²) in [5.74, 6) is 1.72. The van der Waals surface area contributed by atoms with Gasteiger partial charge in [-0.2, -0.15) is 0 Å². The summed E-state index contributed by atoms with van der Waals surface area (Å²) in [7, 11) is 0. The highest BCUT2D eigenvalue weighted by atomic mass is 32.2. The second-order valence-electron chi connectivity index (χ2n) is 5.88. The fourth-order valence-corrected chi connectivity index (χ4v) is 3.32. The van der Waals surface area contributed by atoms with Crippen molar-refractivity contribution in [3.8, 4) is 11.6 Å². The number of furan rings is 2. The number of esters is 1. The Labute approximate surface area is 165 Å². The molecule has 0 saturated carbocycles. The molecule has 0 aliphatic heterocycles. The van der Waals surface area contributed by atoms with E-state index in [-0.39, 0.29) is 18.3 Å². The standard InChI is InChI=1S/C20H17N3O4S/c24-18(27-13-15-6-2-1-3-7-15)14-28-20-22-21-19(17-9-5-11-26-17)23(20)12-16-8-4-10-25-16/h1-11H,12-14H2. The Morgan fingerprint density at radius 3 is 2.57 bits per heavy atom. The average Bonchev–Trinajstić information content (AvgIpc) is 3.48. The molecular formula is C20H17N3O4S. The van der Waals surface area contributed by atoms with E-state index in [1.807, 2.05) is 53.1 Å². The molecule has 8 heteroatoms. The van der Waals surface area contributed by atoms with Crippen LogP contribution in [0.2, 0.25) is 0 Å². The van der Waals surface area contributed by atoms with Crippen molar-refractivity contribution < 1.29 is 18.4 Å². The van der Waals surface area contributed by atoms with E-state index in [0.717, 1.165) is 11.3 Å². The van der Waals surface area contributed by atoms with Crippen molar-refractivity contribution in [3.05, 3.63) is 78.4 Å². The first-order valence-electron chi connectivity index (χ1n) is 8.61. The highest BCUT2D eigenvalue weighted by Crippen LogP contribution is 2.25. The summed E-state index contributed by atoms with van der Waals surface area (Å²) >= 11 is 1.26. The van der Waals surface area contributed by atoms with E-state index < -0.39 is 0 Å². The van der Waals surface area contributed by atoms with Crippen molar-refractivity contribution in [2.45, 2.75) is 18.3 Å². The molecule has 0 amide bonds. The van der Waals surface area contributed by atoms with Crippen LogP contribution in [0.5, 0.6) is 0 Å². The Morgan fingerprint density at radius 1 is 1.00 bits per heavy atom. The fourth-order valence-electron chi connectivity index (χ4n) is 2.59. The quantitative estimate of drug-likeness (QED) is 0.329. The lowest BCUT2D eigenvalue weighted by atomic mass is 10.2. The minimum atomic E-state index is -0.319. The number of thioether (sulfide) groups is 1. The van der Waals surface area contributed by atoms with Gasteiger partial charge in [-0.1, -0.05) is 42.1 Å². The molecule has 28 heavy (non-hydrogen) atoms. The summed E-state index contributed by atoms with van der Waals surface area (Å²) in [5, 5.41) is 9.01. The van der Waals surface area contributed by atoms with Gasteiger partial charge in [0.1, 0.15) is 12.4 Å². The Hall–Kier alpha value is -3.26. The van der Waals surface area contributed by atoms with Gasteiger partial charge in [0.15, 0.2) is 10.9 Å². The Kier molecular flexibility index (Phi) is 5.58. The van der Waals surface area contributed by atoms with Crippen molar-refractivity contribution in [1.82, 2.24) is 14.8 Å². The average molecular weight is 395 g/mol. The van der Waals surface area contributed by atoms with E-state index in [1.54, 1.807) is 18.6 Å². The van der Waals surface area contributed by atoms with E-state index in [4.69, 9.17) is 13.6 Å². The molecule has 0 N–H and O–H groups in total. The van der Waals surface area contributed by atoms with Gasteiger partial charge in [-0.3, -0.25) is 9.36 Å². The fraction of sp³-hybridized carbons (Fsp3) is 0.150. The second kappa shape index (κ2) is 8.62. The molecule has 0 fully saturated rings. The van der Waals surface area contributed by atoms with E-state index in [1.165, 1.54) is 11.8 Å². The number of aromatic nitrogens is 3. The maximum absolute atomic E-state index is 12.1. The number of ether oxygens (including phenoxy) is 1. The van der Waals surface area contributed by atoms with Crippen LogP contribution in [0.4, 0.5) is 0 Å². The maximum Gasteiger partial charge on any atom is 0.316 e. The zero-order chi connectivity index (χ0) is 19.2. The monoisotopic (exact) mass is 395 g/mol. The largest absolute Gasteiger partial charge is 0.467 e. The zero-order valence-electron chi connectivity index (χ0n) is 14.9. The number of rotatable bonds is 8. The van der Waals surface area contributed by atoms with E-state index >= 15 is 0 Å². The highest BCUT2D eigenvalue weighted by Gasteiger charge is 2.18. The molecule has 142 valence electrons. The van der Waals surface area contributed by atoms with E-state index in [2.05, 4.69) is 10.2 Å². The Morgan fingerprint density at radius 2 is 1.82 bits per heavy atom. The molecule has 0 spiro atoms. The molecule has 3 heterocycles. The molecule has 0 unspecified atom stereocenters. The van der Waals surface area contributed by atoms with Crippen molar-refractivity contribution in [2.24, 2.45) is 0 Å². The third kappa shape index (κ3) is 4.34. The SMILES string of the molecule is O=C(CSc1nnc(-c2ccco2)n1Cc1ccco1)OCc1ccccc1. The molecule has 4 rings (SSSR count). The zero-order valence-corrected chi connectivity index (χ0v) is 15.7. The molecule has 0 saturated heterocycles. The van der Waals surface area contributed by atoms with Crippen LogP contribution in [0.3, 0.4) is 0 Å². The smallest absolute Gasteiger partial charge is 0.316 e. The molecule has 0 radical (unpaired) electrons. The predicted octanol–water partition coefficient (Wildman–Crippen LogP) is 4.01. The van der Waals surface area contributed by atoms with Crippen molar-refractivity contribution >= 4 is 17.7 Å². The summed E-state index contributed by atoms with van der Waals surface area (Å²) in [6, 6.07) is 16.8. The number of nitrogens with zero attached hydrogens (tertiary/aromatic N) is 3. The van der Waals surface area contributed by atoms with Crippen molar-refractivity contribution in [1.29, 1.82) is 0 Å². The summed E-state index contributed by atoms with van der Waals surface area (Å²) in [6.45, 7) is 0.675. The predicted molar refractivity (Wildman–Crippen MR) is 102 cm³/mol. The van der Waals surface area contributed by atoms with Gasteiger partial charge >= 0.3 is 5.97 Å².